The van der Waals surface area contributed by atoms with Crippen molar-refractivity contribution in [3.8, 4) is 0 Å². The first-order chi connectivity index (χ1) is 14.9. The summed E-state index contributed by atoms with van der Waals surface area (Å²) in [5.74, 6) is -0.305. The topological polar surface area (TPSA) is 49.4 Å². The molecule has 1 saturated carbocycles. The van der Waals surface area contributed by atoms with E-state index in [0.717, 1.165) is 31.2 Å². The van der Waals surface area contributed by atoms with Crippen molar-refractivity contribution < 1.29 is 9.59 Å². The monoisotopic (exact) mass is 480 g/mol. The molecular formula is C24H27Cl3N2O2. The summed E-state index contributed by atoms with van der Waals surface area (Å²) >= 11 is 18.6. The van der Waals surface area contributed by atoms with Crippen LogP contribution in [-0.4, -0.2) is 28.8 Å². The smallest absolute Gasteiger partial charge is 0.243 e. The van der Waals surface area contributed by atoms with Crippen LogP contribution in [0.15, 0.2) is 42.5 Å². The van der Waals surface area contributed by atoms with Crippen LogP contribution in [0.5, 0.6) is 0 Å². The Kier molecular flexibility index (Phi) is 8.65. The van der Waals surface area contributed by atoms with Gasteiger partial charge in [-0.2, -0.15) is 0 Å². The lowest BCUT2D eigenvalue weighted by Crippen LogP contribution is -2.51. The predicted molar refractivity (Wildman–Crippen MR) is 127 cm³/mol. The van der Waals surface area contributed by atoms with Gasteiger partial charge in [0, 0.05) is 27.7 Å². The Hall–Kier alpha value is -1.75. The van der Waals surface area contributed by atoms with E-state index in [4.69, 9.17) is 34.8 Å². The molecular weight excluding hydrogens is 455 g/mol. The third-order valence-corrected chi connectivity index (χ3v) is 6.70. The van der Waals surface area contributed by atoms with Crippen molar-refractivity contribution in [2.75, 3.05) is 0 Å². The maximum atomic E-state index is 13.4. The van der Waals surface area contributed by atoms with E-state index >= 15 is 0 Å². The summed E-state index contributed by atoms with van der Waals surface area (Å²) in [5.41, 5.74) is 1.47. The quantitative estimate of drug-likeness (QED) is 0.498. The van der Waals surface area contributed by atoms with Crippen molar-refractivity contribution >= 4 is 46.6 Å². The Morgan fingerprint density at radius 1 is 1.03 bits per heavy atom. The maximum Gasteiger partial charge on any atom is 0.243 e. The molecule has 0 radical (unpaired) electrons. The van der Waals surface area contributed by atoms with E-state index in [2.05, 4.69) is 5.32 Å². The van der Waals surface area contributed by atoms with Gasteiger partial charge in [-0.1, -0.05) is 72.8 Å². The van der Waals surface area contributed by atoms with Crippen LogP contribution in [0.25, 0.3) is 0 Å². The van der Waals surface area contributed by atoms with E-state index in [-0.39, 0.29) is 24.3 Å². The third kappa shape index (κ3) is 6.38. The van der Waals surface area contributed by atoms with E-state index < -0.39 is 6.04 Å². The summed E-state index contributed by atoms with van der Waals surface area (Å²) in [6, 6.07) is 12.1. The molecule has 1 fully saturated rings. The van der Waals surface area contributed by atoms with Gasteiger partial charge in [-0.25, -0.2) is 0 Å². The zero-order chi connectivity index (χ0) is 22.4. The summed E-state index contributed by atoms with van der Waals surface area (Å²) < 4.78 is 0. The standard InChI is InChI=1S/C24H27Cl3N2O2/c1-2-22(24(31)28-18-6-3-4-7-18)29(15-16-10-12-17(25)13-11-16)23(30)14-19-20(26)8-5-9-21(19)27/h5,8-13,18,22H,2-4,6-7,14-15H2,1H3,(H,28,31)/t22-/m1/s1. The second-order valence-electron chi connectivity index (χ2n) is 7.94. The van der Waals surface area contributed by atoms with Crippen LogP contribution in [0.1, 0.15) is 50.2 Å². The van der Waals surface area contributed by atoms with Gasteiger partial charge < -0.3 is 10.2 Å². The number of carbonyl (C=O) groups excluding carboxylic acids is 2. The average Bonchev–Trinajstić information content (AvgIpc) is 3.25. The van der Waals surface area contributed by atoms with Crippen molar-refractivity contribution in [1.82, 2.24) is 10.2 Å². The molecule has 4 nitrogen and oxygen atoms in total. The number of rotatable bonds is 8. The van der Waals surface area contributed by atoms with Gasteiger partial charge in [0.1, 0.15) is 6.04 Å². The molecule has 2 aromatic carbocycles. The molecule has 2 amide bonds. The van der Waals surface area contributed by atoms with Gasteiger partial charge in [0.15, 0.2) is 0 Å². The fourth-order valence-electron chi connectivity index (χ4n) is 4.03. The number of benzene rings is 2. The van der Waals surface area contributed by atoms with Crippen LogP contribution >= 0.6 is 34.8 Å². The number of nitrogens with one attached hydrogen (secondary N) is 1. The molecule has 1 N–H and O–H groups in total. The molecule has 166 valence electrons. The molecule has 1 atom stereocenters. The lowest BCUT2D eigenvalue weighted by Gasteiger charge is -2.32. The number of hydrogen-bond donors (Lipinski definition) is 1. The van der Waals surface area contributed by atoms with Crippen molar-refractivity contribution in [2.24, 2.45) is 0 Å². The molecule has 1 aliphatic rings. The zero-order valence-electron chi connectivity index (χ0n) is 17.5. The summed E-state index contributed by atoms with van der Waals surface area (Å²) in [6.07, 6.45) is 4.76. The fourth-order valence-corrected chi connectivity index (χ4v) is 4.68. The Morgan fingerprint density at radius 3 is 2.23 bits per heavy atom. The van der Waals surface area contributed by atoms with E-state index in [0.29, 0.717) is 33.6 Å². The molecule has 0 saturated heterocycles. The number of amides is 2. The molecule has 31 heavy (non-hydrogen) atoms. The molecule has 3 rings (SSSR count). The van der Waals surface area contributed by atoms with Gasteiger partial charge in [-0.3, -0.25) is 9.59 Å². The first kappa shape index (κ1) is 23.9. The summed E-state index contributed by atoms with van der Waals surface area (Å²) in [6.45, 7) is 2.22. The van der Waals surface area contributed by atoms with E-state index in [1.54, 1.807) is 35.2 Å². The number of hydrogen-bond acceptors (Lipinski definition) is 2. The highest BCUT2D eigenvalue weighted by atomic mass is 35.5. The SMILES string of the molecule is CC[C@H](C(=O)NC1CCCC1)N(Cc1ccc(Cl)cc1)C(=O)Cc1c(Cl)cccc1Cl. The van der Waals surface area contributed by atoms with Crippen LogP contribution in [0.3, 0.4) is 0 Å². The fraction of sp³-hybridized carbons (Fsp3) is 0.417. The van der Waals surface area contributed by atoms with Crippen LogP contribution in [0.4, 0.5) is 0 Å². The summed E-state index contributed by atoms with van der Waals surface area (Å²) in [7, 11) is 0. The number of halogens is 3. The highest BCUT2D eigenvalue weighted by Gasteiger charge is 2.31. The summed E-state index contributed by atoms with van der Waals surface area (Å²) in [4.78, 5) is 28.2. The average molecular weight is 482 g/mol. The third-order valence-electron chi connectivity index (χ3n) is 5.74. The summed E-state index contributed by atoms with van der Waals surface area (Å²) in [5, 5.41) is 4.64. The van der Waals surface area contributed by atoms with Gasteiger partial charge in [0.2, 0.25) is 11.8 Å². The molecule has 0 aliphatic heterocycles. The van der Waals surface area contributed by atoms with Crippen LogP contribution < -0.4 is 5.32 Å². The minimum Gasteiger partial charge on any atom is -0.352 e. The van der Waals surface area contributed by atoms with Gasteiger partial charge in [0.25, 0.3) is 0 Å². The molecule has 0 heterocycles. The molecule has 2 aromatic rings. The van der Waals surface area contributed by atoms with Crippen LogP contribution in [-0.2, 0) is 22.6 Å². The Morgan fingerprint density at radius 2 is 1.65 bits per heavy atom. The molecule has 0 aromatic heterocycles. The minimum atomic E-state index is -0.579. The second-order valence-corrected chi connectivity index (χ2v) is 9.19. The first-order valence-electron chi connectivity index (χ1n) is 10.7. The molecule has 1 aliphatic carbocycles. The molecule has 0 bridgehead atoms. The number of nitrogens with zero attached hydrogens (tertiary/aromatic N) is 1. The largest absolute Gasteiger partial charge is 0.352 e. The maximum absolute atomic E-state index is 13.4. The number of carbonyl (C=O) groups is 2. The highest BCUT2D eigenvalue weighted by Crippen LogP contribution is 2.26. The zero-order valence-corrected chi connectivity index (χ0v) is 19.8. The van der Waals surface area contributed by atoms with E-state index in [1.807, 2.05) is 19.1 Å². The lowest BCUT2D eigenvalue weighted by atomic mass is 10.1. The first-order valence-corrected chi connectivity index (χ1v) is 11.8. The molecule has 0 unspecified atom stereocenters. The van der Waals surface area contributed by atoms with Gasteiger partial charge in [0.05, 0.1) is 6.42 Å². The van der Waals surface area contributed by atoms with Gasteiger partial charge in [-0.05, 0) is 54.7 Å². The lowest BCUT2D eigenvalue weighted by molar-refractivity contribution is -0.141. The van der Waals surface area contributed by atoms with E-state index in [9.17, 15) is 9.59 Å². The van der Waals surface area contributed by atoms with Crippen molar-refractivity contribution in [1.29, 1.82) is 0 Å². The van der Waals surface area contributed by atoms with Gasteiger partial charge in [-0.15, -0.1) is 0 Å². The van der Waals surface area contributed by atoms with Crippen molar-refractivity contribution in [3.63, 3.8) is 0 Å². The molecule has 0 spiro atoms. The van der Waals surface area contributed by atoms with E-state index in [1.165, 1.54) is 0 Å². The van der Waals surface area contributed by atoms with Crippen molar-refractivity contribution in [2.45, 2.75) is 64.1 Å². The van der Waals surface area contributed by atoms with Crippen LogP contribution in [0, 0.1) is 0 Å². The Bertz CT molecular complexity index is 891. The normalized spacial score (nSPS) is 15.0. The second kappa shape index (κ2) is 11.2. The Labute approximate surface area is 198 Å². The van der Waals surface area contributed by atoms with Crippen LogP contribution in [0.2, 0.25) is 15.1 Å². The molecule has 7 heteroatoms. The van der Waals surface area contributed by atoms with Gasteiger partial charge >= 0.3 is 0 Å². The highest BCUT2D eigenvalue weighted by molar-refractivity contribution is 6.36. The minimum absolute atomic E-state index is 0.0271. The van der Waals surface area contributed by atoms with Crippen molar-refractivity contribution in [3.05, 3.63) is 68.7 Å². The predicted octanol–water partition coefficient (Wildman–Crippen LogP) is 6.06. The Balaban J connectivity index is 1.85.